The van der Waals surface area contributed by atoms with Gasteiger partial charge in [-0.25, -0.2) is 9.97 Å². The maximum atomic E-state index is 13.1. The first kappa shape index (κ1) is 15.1. The Hall–Kier alpha value is -2.77. The van der Waals surface area contributed by atoms with E-state index in [0.717, 1.165) is 17.8 Å². The molecule has 0 saturated carbocycles. The van der Waals surface area contributed by atoms with Crippen LogP contribution in [0.15, 0.2) is 36.8 Å². The molecular weight excluding hydrogens is 307 g/mol. The molecule has 0 aliphatic heterocycles. The van der Waals surface area contributed by atoms with Gasteiger partial charge in [0.05, 0.1) is 5.39 Å². The Morgan fingerprint density at radius 3 is 2.35 bits per heavy atom. The third-order valence-corrected chi connectivity index (χ3v) is 3.75. The van der Waals surface area contributed by atoms with Crippen molar-refractivity contribution in [3.8, 4) is 11.1 Å². The first-order valence-corrected chi connectivity index (χ1v) is 6.82. The van der Waals surface area contributed by atoms with Crippen LogP contribution in [0.25, 0.3) is 22.2 Å². The van der Waals surface area contributed by atoms with Gasteiger partial charge in [-0.15, -0.1) is 0 Å². The van der Waals surface area contributed by atoms with Crippen LogP contribution in [0, 0.1) is 0 Å². The van der Waals surface area contributed by atoms with Crippen LogP contribution in [0.2, 0.25) is 0 Å². The minimum Gasteiger partial charge on any atom is -0.399 e. The highest BCUT2D eigenvalue weighted by Gasteiger charge is 2.38. The Morgan fingerprint density at radius 1 is 1.09 bits per heavy atom. The van der Waals surface area contributed by atoms with E-state index in [0.29, 0.717) is 22.2 Å². The van der Waals surface area contributed by atoms with E-state index in [1.54, 1.807) is 24.3 Å². The number of nitrogens with two attached hydrogens (primary N) is 2. The first-order chi connectivity index (χ1) is 10.8. The van der Waals surface area contributed by atoms with Gasteiger partial charge in [0.1, 0.15) is 23.8 Å². The van der Waals surface area contributed by atoms with E-state index in [2.05, 4.69) is 9.97 Å². The zero-order valence-electron chi connectivity index (χ0n) is 12.2. The summed E-state index contributed by atoms with van der Waals surface area (Å²) in [5.74, 6) is 0.134. The summed E-state index contributed by atoms with van der Waals surface area (Å²) in [4.78, 5) is 7.88. The van der Waals surface area contributed by atoms with Crippen molar-refractivity contribution in [1.82, 2.24) is 14.5 Å². The van der Waals surface area contributed by atoms with Gasteiger partial charge >= 0.3 is 6.18 Å². The minimum atomic E-state index is -4.40. The number of rotatable bonds is 2. The molecule has 2 heterocycles. The second kappa shape index (κ2) is 5.15. The van der Waals surface area contributed by atoms with E-state index >= 15 is 0 Å². The monoisotopic (exact) mass is 321 g/mol. The molecule has 1 aromatic carbocycles. The molecule has 0 bridgehead atoms. The van der Waals surface area contributed by atoms with Crippen LogP contribution in [0.3, 0.4) is 0 Å². The van der Waals surface area contributed by atoms with E-state index in [1.165, 1.54) is 6.20 Å². The molecule has 0 spiro atoms. The van der Waals surface area contributed by atoms with Crippen molar-refractivity contribution >= 4 is 22.5 Å². The number of benzene rings is 1. The topological polar surface area (TPSA) is 82.8 Å². The van der Waals surface area contributed by atoms with E-state index in [9.17, 15) is 13.2 Å². The summed E-state index contributed by atoms with van der Waals surface area (Å²) in [6.07, 6.45) is -1.84. The van der Waals surface area contributed by atoms with Gasteiger partial charge in [-0.3, -0.25) is 0 Å². The molecule has 2 aromatic heterocycles. The average molecular weight is 321 g/mol. The molecule has 5 nitrogen and oxygen atoms in total. The second-order valence-corrected chi connectivity index (χ2v) is 5.25. The lowest BCUT2D eigenvalue weighted by molar-refractivity contribution is -0.162. The van der Waals surface area contributed by atoms with Gasteiger partial charge in [0.15, 0.2) is 0 Å². The predicted molar refractivity (Wildman–Crippen MR) is 82.6 cm³/mol. The maximum Gasteiger partial charge on any atom is 0.408 e. The molecule has 0 amide bonds. The normalized spacial score (nSPS) is 13.4. The van der Waals surface area contributed by atoms with Gasteiger partial charge in [0.25, 0.3) is 0 Å². The largest absolute Gasteiger partial charge is 0.408 e. The molecule has 3 rings (SSSR count). The molecule has 0 radical (unpaired) electrons. The number of nitrogen functional groups attached to an aromatic ring is 2. The number of halogens is 3. The van der Waals surface area contributed by atoms with Gasteiger partial charge in [-0.2, -0.15) is 13.2 Å². The number of alkyl halides is 3. The fourth-order valence-corrected chi connectivity index (χ4v) is 2.44. The van der Waals surface area contributed by atoms with E-state index in [-0.39, 0.29) is 11.5 Å². The van der Waals surface area contributed by atoms with Crippen molar-refractivity contribution in [1.29, 1.82) is 0 Å². The summed E-state index contributed by atoms with van der Waals surface area (Å²) in [6, 6.07) is 5.05. The van der Waals surface area contributed by atoms with Crippen LogP contribution in [-0.2, 0) is 0 Å². The quantitative estimate of drug-likeness (QED) is 0.709. The van der Waals surface area contributed by atoms with Gasteiger partial charge < -0.3 is 16.0 Å². The van der Waals surface area contributed by atoms with Gasteiger partial charge in [0.2, 0.25) is 0 Å². The molecule has 4 N–H and O–H groups in total. The van der Waals surface area contributed by atoms with E-state index < -0.39 is 12.2 Å². The Kier molecular flexibility index (Phi) is 3.39. The van der Waals surface area contributed by atoms with Crippen LogP contribution in [-0.4, -0.2) is 20.7 Å². The van der Waals surface area contributed by atoms with Crippen molar-refractivity contribution in [2.75, 3.05) is 11.5 Å². The molecule has 1 atom stereocenters. The third-order valence-electron chi connectivity index (χ3n) is 3.75. The number of hydrogen-bond acceptors (Lipinski definition) is 4. The molecule has 0 aliphatic rings. The van der Waals surface area contributed by atoms with Crippen molar-refractivity contribution in [3.63, 3.8) is 0 Å². The van der Waals surface area contributed by atoms with Gasteiger partial charge in [-0.1, -0.05) is 12.1 Å². The average Bonchev–Trinajstić information content (AvgIpc) is 2.87. The van der Waals surface area contributed by atoms with Crippen LogP contribution in [0.1, 0.15) is 13.0 Å². The summed E-state index contributed by atoms with van der Waals surface area (Å²) in [6.45, 7) is 1.07. The number of anilines is 2. The lowest BCUT2D eigenvalue weighted by Crippen LogP contribution is -2.23. The van der Waals surface area contributed by atoms with Crippen LogP contribution < -0.4 is 11.5 Å². The van der Waals surface area contributed by atoms with Crippen molar-refractivity contribution < 1.29 is 13.2 Å². The Labute approximate surface area is 129 Å². The molecule has 0 fully saturated rings. The Bertz CT molecular complexity index is 852. The Balaban J connectivity index is 2.29. The van der Waals surface area contributed by atoms with E-state index in [4.69, 9.17) is 11.5 Å². The van der Waals surface area contributed by atoms with Gasteiger partial charge in [0, 0.05) is 17.4 Å². The highest BCUT2D eigenvalue weighted by atomic mass is 19.4. The molecule has 0 aliphatic carbocycles. The number of aromatic nitrogens is 3. The maximum absolute atomic E-state index is 13.1. The lowest BCUT2D eigenvalue weighted by Gasteiger charge is -2.17. The van der Waals surface area contributed by atoms with Crippen molar-refractivity contribution in [2.45, 2.75) is 19.1 Å². The highest BCUT2D eigenvalue weighted by molar-refractivity contribution is 6.00. The molecule has 3 aromatic rings. The predicted octanol–water partition coefficient (Wildman–Crippen LogP) is 3.39. The Morgan fingerprint density at radius 2 is 1.74 bits per heavy atom. The summed E-state index contributed by atoms with van der Waals surface area (Å²) in [5.41, 5.74) is 13.5. The van der Waals surface area contributed by atoms with Crippen LogP contribution >= 0.6 is 0 Å². The standard InChI is InChI=1S/C15H14F3N5/c1-8(15(16,17)18)23-6-11(9-2-4-10(19)5-3-9)12-13(20)21-7-22-14(12)23/h2-8H,19H2,1H3,(H2,20,21,22). The van der Waals surface area contributed by atoms with E-state index in [1.807, 2.05) is 0 Å². The molecular formula is C15H14F3N5. The highest BCUT2D eigenvalue weighted by Crippen LogP contribution is 2.38. The molecule has 8 heteroatoms. The fourth-order valence-electron chi connectivity index (χ4n) is 2.44. The summed E-state index contributed by atoms with van der Waals surface area (Å²) >= 11 is 0. The molecule has 120 valence electrons. The zero-order chi connectivity index (χ0) is 16.8. The minimum absolute atomic E-state index is 0.134. The fraction of sp³-hybridized carbons (Fsp3) is 0.200. The number of fused-ring (bicyclic) bond motifs is 1. The summed E-state index contributed by atoms with van der Waals surface area (Å²) < 4.78 is 40.4. The SMILES string of the molecule is CC(n1cc(-c2ccc(N)cc2)c2c(N)ncnc21)C(F)(F)F. The van der Waals surface area contributed by atoms with Crippen LogP contribution in [0.5, 0.6) is 0 Å². The summed E-state index contributed by atoms with van der Waals surface area (Å²) in [5, 5.41) is 0.397. The first-order valence-electron chi connectivity index (χ1n) is 6.82. The molecule has 0 saturated heterocycles. The number of hydrogen-bond donors (Lipinski definition) is 2. The lowest BCUT2D eigenvalue weighted by atomic mass is 10.1. The van der Waals surface area contributed by atoms with Gasteiger partial charge in [-0.05, 0) is 24.6 Å². The molecule has 1 unspecified atom stereocenters. The van der Waals surface area contributed by atoms with Crippen LogP contribution in [0.4, 0.5) is 24.7 Å². The zero-order valence-corrected chi connectivity index (χ0v) is 12.2. The third kappa shape index (κ3) is 2.56. The number of nitrogens with zero attached hydrogens (tertiary/aromatic N) is 3. The smallest absolute Gasteiger partial charge is 0.399 e. The molecule has 23 heavy (non-hydrogen) atoms. The van der Waals surface area contributed by atoms with Crippen molar-refractivity contribution in [2.24, 2.45) is 0 Å². The second-order valence-electron chi connectivity index (χ2n) is 5.25. The van der Waals surface area contributed by atoms with Crippen molar-refractivity contribution in [3.05, 3.63) is 36.8 Å². The summed E-state index contributed by atoms with van der Waals surface area (Å²) in [7, 11) is 0.